The maximum absolute atomic E-state index is 12.8. The van der Waals surface area contributed by atoms with Crippen LogP contribution in [0.4, 0.5) is 4.79 Å². The number of carbonyl (C=O) groups is 4. The fourth-order valence-corrected chi connectivity index (χ4v) is 16.8. The van der Waals surface area contributed by atoms with E-state index in [2.05, 4.69) is 97.9 Å². The second kappa shape index (κ2) is 54.5. The smallest absolute Gasteiger partial charge is 0.462 e. The number of allylic oxidation sites excluding steroid dienone is 7. The number of esters is 3. The first kappa shape index (κ1) is 84.9. The Labute approximate surface area is 580 Å². The van der Waals surface area contributed by atoms with Crippen LogP contribution in [0.5, 0.6) is 0 Å². The van der Waals surface area contributed by atoms with E-state index in [-0.39, 0.29) is 42.6 Å². The first-order valence-corrected chi connectivity index (χ1v) is 40.7. The highest BCUT2D eigenvalue weighted by Gasteiger charge is 2.59. The van der Waals surface area contributed by atoms with E-state index in [1.807, 2.05) is 0 Å². The van der Waals surface area contributed by atoms with Crippen LogP contribution in [0.15, 0.2) is 48.1 Å². The molecular formula is C85H150O9. The van der Waals surface area contributed by atoms with E-state index in [0.29, 0.717) is 24.7 Å². The number of unbranched alkanes of at least 4 members (excludes halogenated alkanes) is 33. The molecule has 0 spiro atoms. The van der Waals surface area contributed by atoms with E-state index in [1.54, 1.807) is 0 Å². The third kappa shape index (κ3) is 38.1. The molecule has 9 heteroatoms. The lowest BCUT2D eigenvalue weighted by atomic mass is 9.47. The van der Waals surface area contributed by atoms with Gasteiger partial charge in [-0.05, 0) is 188 Å². The number of rotatable bonds is 56. The molecular weight excluding hydrogens is 1160 g/mol. The standard InChI is InChI=1S/C57H104O6.C28H46O3/c1-4-7-10-13-16-19-22-25-28-31-34-37-40-43-46-49-55(58)61-52-54(63-57(60)51-48-45-42-39-36-33-30-27-24-21-18-15-12-9-6-3)53-62-56(59)50-47-44-41-38-35-32-29-26-23-20-17-14-11-8-5-2;1-18(2)7-6-8-19(3)23-11-12-24-22-10-9-20-17-21(31-26(29)30)13-15-27(20,4)25(22)14-16-28(23,24)5/h25-30,54H,4-24,31-53H2,1-3H3;9,18-19,21-25H,6-8,10-17H2,1-5H3,(H,29,30)/b28-25+,29-26+,30-27+;/t;19-,21+,22+,23-,24+,25+,27+,28-/m.1/s1. The van der Waals surface area contributed by atoms with E-state index in [9.17, 15) is 19.2 Å². The number of ether oxygens (including phenoxy) is 4. The molecule has 0 aliphatic heterocycles. The molecule has 0 heterocycles. The van der Waals surface area contributed by atoms with E-state index >= 15 is 0 Å². The Hall–Kier alpha value is -3.36. The van der Waals surface area contributed by atoms with Gasteiger partial charge in [0.1, 0.15) is 19.3 Å². The maximum Gasteiger partial charge on any atom is 0.506 e. The molecule has 8 atom stereocenters. The highest BCUT2D eigenvalue weighted by atomic mass is 16.7. The average molecular weight is 1320 g/mol. The average Bonchev–Trinajstić information content (AvgIpc) is 1.36. The quantitative estimate of drug-likeness (QED) is 0.0274. The molecule has 4 aliphatic rings. The summed E-state index contributed by atoms with van der Waals surface area (Å²) in [5, 5.41) is 9.05. The molecule has 0 radical (unpaired) electrons. The van der Waals surface area contributed by atoms with Gasteiger partial charge < -0.3 is 24.1 Å². The molecule has 9 nitrogen and oxygen atoms in total. The van der Waals surface area contributed by atoms with Gasteiger partial charge in [0.15, 0.2) is 6.10 Å². The first-order chi connectivity index (χ1) is 45.7. The van der Waals surface area contributed by atoms with Crippen molar-refractivity contribution < 1.29 is 43.2 Å². The molecule has 0 aromatic heterocycles. The summed E-state index contributed by atoms with van der Waals surface area (Å²) in [4.78, 5) is 49.1. The maximum atomic E-state index is 12.8. The van der Waals surface area contributed by atoms with Gasteiger partial charge >= 0.3 is 24.1 Å². The Morgan fingerprint density at radius 2 is 0.883 bits per heavy atom. The molecule has 3 saturated carbocycles. The van der Waals surface area contributed by atoms with Crippen molar-refractivity contribution in [2.24, 2.45) is 46.3 Å². The van der Waals surface area contributed by atoms with Crippen molar-refractivity contribution in [3.63, 3.8) is 0 Å². The molecule has 0 unspecified atom stereocenters. The van der Waals surface area contributed by atoms with Gasteiger partial charge in [0.25, 0.3) is 0 Å². The van der Waals surface area contributed by atoms with Gasteiger partial charge in [0.2, 0.25) is 0 Å². The SMILES string of the molecule is CC(C)CCC[C@@H](C)[C@H]1CC[C@H]2[C@@H]3CC=C4C[C@@H](OC(=O)O)CC[C@]4(C)[C@H]3CC[C@]12C.CCCCCCCC/C=C/CCCCCCCC(=O)OCC(COC(=O)CCCCCCC/C=C/CCCCCCCC)OC(=O)CCCCCCC/C=C/CCCCCCCC. The van der Waals surface area contributed by atoms with Gasteiger partial charge in [0.05, 0.1) is 0 Å². The first-order valence-electron chi connectivity index (χ1n) is 40.7. The van der Waals surface area contributed by atoms with Crippen LogP contribution in [0.2, 0.25) is 0 Å². The van der Waals surface area contributed by atoms with Gasteiger partial charge in [-0.3, -0.25) is 14.4 Å². The molecule has 0 aromatic rings. The number of carboxylic acid groups (broad SMARTS) is 1. The van der Waals surface area contributed by atoms with Crippen molar-refractivity contribution in [2.75, 3.05) is 13.2 Å². The Morgan fingerprint density at radius 1 is 0.479 bits per heavy atom. The minimum Gasteiger partial charge on any atom is -0.462 e. The Morgan fingerprint density at radius 3 is 1.30 bits per heavy atom. The van der Waals surface area contributed by atoms with E-state index in [0.717, 1.165) is 132 Å². The van der Waals surface area contributed by atoms with Crippen molar-refractivity contribution in [3.8, 4) is 0 Å². The van der Waals surface area contributed by atoms with Crippen molar-refractivity contribution >= 4 is 24.1 Å². The number of carbonyl (C=O) groups excluding carboxylic acids is 3. The van der Waals surface area contributed by atoms with Crippen LogP contribution in [-0.2, 0) is 33.3 Å². The van der Waals surface area contributed by atoms with Gasteiger partial charge in [-0.25, -0.2) is 4.79 Å². The molecule has 0 bridgehead atoms. The van der Waals surface area contributed by atoms with Crippen LogP contribution in [0.1, 0.15) is 396 Å². The highest BCUT2D eigenvalue weighted by Crippen LogP contribution is 2.67. The Bertz CT molecular complexity index is 1980. The van der Waals surface area contributed by atoms with Crippen LogP contribution in [0.3, 0.4) is 0 Å². The minimum atomic E-state index is -1.11. The van der Waals surface area contributed by atoms with Crippen molar-refractivity contribution in [2.45, 2.75) is 408 Å². The van der Waals surface area contributed by atoms with Gasteiger partial charge in [0, 0.05) is 25.7 Å². The van der Waals surface area contributed by atoms with Crippen molar-refractivity contribution in [1.82, 2.24) is 0 Å². The lowest BCUT2D eigenvalue weighted by Gasteiger charge is -2.58. The number of hydrogen-bond donors (Lipinski definition) is 1. The Balaban J connectivity index is 0.000000610. The molecule has 0 amide bonds. The second-order valence-electron chi connectivity index (χ2n) is 31.0. The predicted molar refractivity (Wildman–Crippen MR) is 396 cm³/mol. The number of fused-ring (bicyclic) bond motifs is 5. The molecule has 4 rings (SSSR count). The topological polar surface area (TPSA) is 125 Å². The summed E-state index contributed by atoms with van der Waals surface area (Å²) in [6.07, 6.45) is 76.3. The van der Waals surface area contributed by atoms with E-state index < -0.39 is 12.3 Å². The summed E-state index contributed by atoms with van der Waals surface area (Å²) in [5.74, 6) is 4.20. The van der Waals surface area contributed by atoms with E-state index in [4.69, 9.17) is 24.1 Å². The summed E-state index contributed by atoms with van der Waals surface area (Å²) in [7, 11) is 0. The van der Waals surface area contributed by atoms with Crippen LogP contribution in [0, 0.1) is 46.3 Å². The summed E-state index contributed by atoms with van der Waals surface area (Å²) >= 11 is 0. The fraction of sp³-hybridized carbons (Fsp3) is 0.859. The summed E-state index contributed by atoms with van der Waals surface area (Å²) in [6, 6.07) is 0. The zero-order chi connectivity index (χ0) is 68.2. The minimum absolute atomic E-state index is 0.0806. The molecule has 4 aliphatic carbocycles. The van der Waals surface area contributed by atoms with Crippen molar-refractivity contribution in [3.05, 3.63) is 48.1 Å². The van der Waals surface area contributed by atoms with Gasteiger partial charge in [-0.15, -0.1) is 0 Å². The monoisotopic (exact) mass is 1320 g/mol. The Kier molecular flexibility index (Phi) is 49.2. The van der Waals surface area contributed by atoms with Crippen LogP contribution < -0.4 is 0 Å². The summed E-state index contributed by atoms with van der Waals surface area (Å²) in [6.45, 7) is 19.0. The summed E-state index contributed by atoms with van der Waals surface area (Å²) in [5.41, 5.74) is 2.30. The number of hydrogen-bond acceptors (Lipinski definition) is 8. The molecule has 0 saturated heterocycles. The van der Waals surface area contributed by atoms with Gasteiger partial charge in [-0.2, -0.15) is 0 Å². The molecule has 1 N–H and O–H groups in total. The molecule has 544 valence electrons. The van der Waals surface area contributed by atoms with E-state index in [1.165, 1.54) is 230 Å². The molecule has 94 heavy (non-hydrogen) atoms. The summed E-state index contributed by atoms with van der Waals surface area (Å²) < 4.78 is 22.0. The zero-order valence-corrected chi connectivity index (χ0v) is 62.8. The second-order valence-corrected chi connectivity index (χ2v) is 31.0. The molecule has 0 aromatic carbocycles. The zero-order valence-electron chi connectivity index (χ0n) is 62.8. The lowest BCUT2D eigenvalue weighted by molar-refractivity contribution is -0.167. The largest absolute Gasteiger partial charge is 0.506 e. The van der Waals surface area contributed by atoms with Crippen LogP contribution in [-0.4, -0.2) is 54.6 Å². The van der Waals surface area contributed by atoms with Crippen molar-refractivity contribution in [1.29, 1.82) is 0 Å². The normalized spacial score (nSPS) is 22.1. The van der Waals surface area contributed by atoms with Crippen LogP contribution >= 0.6 is 0 Å². The fourth-order valence-electron chi connectivity index (χ4n) is 16.8. The third-order valence-corrected chi connectivity index (χ3v) is 22.6. The third-order valence-electron chi connectivity index (χ3n) is 22.6. The highest BCUT2D eigenvalue weighted by molar-refractivity contribution is 5.71. The molecule has 3 fully saturated rings. The lowest BCUT2D eigenvalue weighted by Crippen LogP contribution is -2.51. The van der Waals surface area contributed by atoms with Gasteiger partial charge in [-0.1, -0.05) is 277 Å². The predicted octanol–water partition coefficient (Wildman–Crippen LogP) is 26.2. The van der Waals surface area contributed by atoms with Crippen LogP contribution in [0.25, 0.3) is 0 Å².